The molecule has 0 saturated heterocycles. The summed E-state index contributed by atoms with van der Waals surface area (Å²) in [6.45, 7) is 5.78. The summed E-state index contributed by atoms with van der Waals surface area (Å²) in [5.74, 6) is 0. The first kappa shape index (κ1) is 12.2. The smallest absolute Gasteiger partial charge is 0.108 e. The molecule has 15 heavy (non-hydrogen) atoms. The van der Waals surface area contributed by atoms with Crippen molar-refractivity contribution in [1.29, 1.82) is 0 Å². The lowest BCUT2D eigenvalue weighted by atomic mass is 9.86. The van der Waals surface area contributed by atoms with E-state index in [4.69, 9.17) is 0 Å². The number of rotatable bonds is 4. The maximum Gasteiger partial charge on any atom is 0.108 e. The van der Waals surface area contributed by atoms with Gasteiger partial charge in [-0.2, -0.15) is 0 Å². The first-order valence-corrected chi connectivity index (χ1v) is 5.50. The number of aliphatic hydroxyl groups is 2. The fourth-order valence-corrected chi connectivity index (χ4v) is 1.70. The van der Waals surface area contributed by atoms with Gasteiger partial charge >= 0.3 is 0 Å². The molecule has 1 atom stereocenters. The molecule has 0 radical (unpaired) electrons. The van der Waals surface area contributed by atoms with Crippen LogP contribution in [0.4, 0.5) is 0 Å². The highest BCUT2D eigenvalue weighted by Crippen LogP contribution is 2.31. The van der Waals surface area contributed by atoms with Gasteiger partial charge in [0.25, 0.3) is 0 Å². The fourth-order valence-electron chi connectivity index (χ4n) is 1.70. The average molecular weight is 208 g/mol. The fraction of sp³-hybridized carbons (Fsp3) is 0.538. The molecule has 84 valence electrons. The van der Waals surface area contributed by atoms with Crippen molar-refractivity contribution in [3.05, 3.63) is 35.4 Å². The predicted octanol–water partition coefficient (Wildman–Crippen LogP) is 2.58. The second kappa shape index (κ2) is 4.77. The number of hydrogen-bond acceptors (Lipinski definition) is 2. The Morgan fingerprint density at radius 1 is 1.13 bits per heavy atom. The van der Waals surface area contributed by atoms with Crippen molar-refractivity contribution >= 4 is 0 Å². The third kappa shape index (κ3) is 2.58. The van der Waals surface area contributed by atoms with Crippen molar-refractivity contribution in [3.8, 4) is 0 Å². The molecule has 0 bridgehead atoms. The van der Waals surface area contributed by atoms with Gasteiger partial charge in [0.05, 0.1) is 5.60 Å². The van der Waals surface area contributed by atoms with Crippen molar-refractivity contribution in [2.45, 2.75) is 45.3 Å². The van der Waals surface area contributed by atoms with Gasteiger partial charge in [0.2, 0.25) is 0 Å². The number of aliphatic hydroxyl groups excluding tert-OH is 1. The van der Waals surface area contributed by atoms with Crippen molar-refractivity contribution in [2.75, 3.05) is 0 Å². The molecular weight excluding hydrogens is 188 g/mol. The minimum atomic E-state index is -1.00. The molecule has 0 aliphatic heterocycles. The molecular formula is C13H20O2. The lowest BCUT2D eigenvalue weighted by Crippen LogP contribution is -2.34. The molecule has 0 aromatic heterocycles. The minimum absolute atomic E-state index is 0.554. The van der Waals surface area contributed by atoms with Crippen LogP contribution in [0, 0.1) is 6.92 Å². The molecule has 0 heterocycles. The van der Waals surface area contributed by atoms with E-state index in [0.717, 1.165) is 11.1 Å². The van der Waals surface area contributed by atoms with E-state index in [0.29, 0.717) is 12.8 Å². The molecule has 0 amide bonds. The zero-order valence-corrected chi connectivity index (χ0v) is 9.70. The van der Waals surface area contributed by atoms with Crippen LogP contribution in [0.3, 0.4) is 0 Å². The third-order valence-electron chi connectivity index (χ3n) is 3.13. The monoisotopic (exact) mass is 208 g/mol. The molecule has 2 N–H and O–H groups in total. The van der Waals surface area contributed by atoms with Gasteiger partial charge in [0.1, 0.15) is 6.10 Å². The van der Waals surface area contributed by atoms with Crippen LogP contribution >= 0.6 is 0 Å². The lowest BCUT2D eigenvalue weighted by Gasteiger charge is -2.31. The lowest BCUT2D eigenvalue weighted by molar-refractivity contribution is -0.0820. The Bertz CT molecular complexity index is 299. The van der Waals surface area contributed by atoms with E-state index in [9.17, 15) is 10.2 Å². The first-order valence-electron chi connectivity index (χ1n) is 5.50. The van der Waals surface area contributed by atoms with E-state index in [1.165, 1.54) is 0 Å². The van der Waals surface area contributed by atoms with Crippen molar-refractivity contribution in [3.63, 3.8) is 0 Å². The highest BCUT2D eigenvalue weighted by atomic mass is 16.3. The maximum absolute atomic E-state index is 10.2. The summed E-state index contributed by atoms with van der Waals surface area (Å²) in [5, 5.41) is 20.3. The summed E-state index contributed by atoms with van der Waals surface area (Å²) in [6, 6.07) is 7.64. The topological polar surface area (TPSA) is 40.5 Å². The van der Waals surface area contributed by atoms with Gasteiger partial charge in [0.15, 0.2) is 0 Å². The van der Waals surface area contributed by atoms with Gasteiger partial charge in [-0.15, -0.1) is 0 Å². The van der Waals surface area contributed by atoms with Crippen LogP contribution in [-0.2, 0) is 0 Å². The zero-order valence-electron chi connectivity index (χ0n) is 9.70. The van der Waals surface area contributed by atoms with Gasteiger partial charge in [-0.1, -0.05) is 43.7 Å². The second-order valence-electron chi connectivity index (χ2n) is 4.12. The Kier molecular flexibility index (Phi) is 3.89. The Morgan fingerprint density at radius 3 is 2.00 bits per heavy atom. The van der Waals surface area contributed by atoms with E-state index in [1.54, 1.807) is 0 Å². The number of benzene rings is 1. The second-order valence-corrected chi connectivity index (χ2v) is 4.12. The molecule has 2 heteroatoms. The molecule has 0 spiro atoms. The van der Waals surface area contributed by atoms with Crippen LogP contribution < -0.4 is 0 Å². The van der Waals surface area contributed by atoms with Gasteiger partial charge in [0, 0.05) is 0 Å². The van der Waals surface area contributed by atoms with Crippen molar-refractivity contribution in [2.24, 2.45) is 0 Å². The Hall–Kier alpha value is -0.860. The van der Waals surface area contributed by atoms with Gasteiger partial charge < -0.3 is 10.2 Å². The van der Waals surface area contributed by atoms with E-state index >= 15 is 0 Å². The van der Waals surface area contributed by atoms with Crippen LogP contribution in [0.2, 0.25) is 0 Å². The van der Waals surface area contributed by atoms with E-state index in [2.05, 4.69) is 0 Å². The summed E-state index contributed by atoms with van der Waals surface area (Å²) in [6.07, 6.45) is 0.310. The molecule has 1 aromatic rings. The summed E-state index contributed by atoms with van der Waals surface area (Å²) < 4.78 is 0. The highest BCUT2D eigenvalue weighted by molar-refractivity contribution is 5.24. The van der Waals surface area contributed by atoms with Gasteiger partial charge in [-0.05, 0) is 25.3 Å². The van der Waals surface area contributed by atoms with E-state index in [1.807, 2.05) is 45.0 Å². The van der Waals surface area contributed by atoms with Crippen LogP contribution in [0.15, 0.2) is 24.3 Å². The minimum Gasteiger partial charge on any atom is -0.387 e. The normalized spacial score (nSPS) is 13.9. The van der Waals surface area contributed by atoms with Gasteiger partial charge in [-0.3, -0.25) is 0 Å². The van der Waals surface area contributed by atoms with E-state index < -0.39 is 11.7 Å². The van der Waals surface area contributed by atoms with Crippen molar-refractivity contribution < 1.29 is 10.2 Å². The van der Waals surface area contributed by atoms with Crippen LogP contribution in [0.25, 0.3) is 0 Å². The summed E-state index contributed by atoms with van der Waals surface area (Å²) in [4.78, 5) is 0. The Morgan fingerprint density at radius 2 is 1.60 bits per heavy atom. The third-order valence-corrected chi connectivity index (χ3v) is 3.13. The molecule has 0 saturated carbocycles. The quantitative estimate of drug-likeness (QED) is 0.798. The standard InChI is InChI=1S/C13H20O2/c1-4-13(15,5-2)12(14)11-8-6-10(3)7-9-11/h6-9,12,14-15H,4-5H2,1-3H3. The summed E-state index contributed by atoms with van der Waals surface area (Å²) in [7, 11) is 0. The summed E-state index contributed by atoms with van der Waals surface area (Å²) >= 11 is 0. The summed E-state index contributed by atoms with van der Waals surface area (Å²) in [5.41, 5.74) is 0.934. The molecule has 1 rings (SSSR count). The molecule has 0 aliphatic rings. The molecule has 2 nitrogen and oxygen atoms in total. The molecule has 0 aliphatic carbocycles. The van der Waals surface area contributed by atoms with Crippen LogP contribution in [-0.4, -0.2) is 15.8 Å². The molecule has 1 aromatic carbocycles. The predicted molar refractivity (Wildman–Crippen MR) is 61.7 cm³/mol. The molecule has 1 unspecified atom stereocenters. The SMILES string of the molecule is CCC(O)(CC)C(O)c1ccc(C)cc1. The number of aryl methyl sites for hydroxylation is 1. The first-order chi connectivity index (χ1) is 7.03. The Labute approximate surface area is 91.6 Å². The largest absolute Gasteiger partial charge is 0.387 e. The highest BCUT2D eigenvalue weighted by Gasteiger charge is 2.32. The van der Waals surface area contributed by atoms with Crippen molar-refractivity contribution in [1.82, 2.24) is 0 Å². The van der Waals surface area contributed by atoms with E-state index in [-0.39, 0.29) is 0 Å². The van der Waals surface area contributed by atoms with Crippen LogP contribution in [0.5, 0.6) is 0 Å². The van der Waals surface area contributed by atoms with Crippen LogP contribution in [0.1, 0.15) is 43.9 Å². The number of hydrogen-bond donors (Lipinski definition) is 2. The maximum atomic E-state index is 10.2. The molecule has 0 fully saturated rings. The van der Waals surface area contributed by atoms with Gasteiger partial charge in [-0.25, -0.2) is 0 Å². The average Bonchev–Trinajstić information content (AvgIpc) is 2.28. The zero-order chi connectivity index (χ0) is 11.5. The Balaban J connectivity index is 2.92.